The van der Waals surface area contributed by atoms with E-state index >= 15 is 0 Å². The zero-order chi connectivity index (χ0) is 14.7. The molecule has 1 aromatic heterocycles. The predicted octanol–water partition coefficient (Wildman–Crippen LogP) is 1.46. The van der Waals surface area contributed by atoms with Gasteiger partial charge >= 0.3 is 0 Å². The number of benzene rings is 1. The van der Waals surface area contributed by atoms with Gasteiger partial charge in [0.15, 0.2) is 5.57 Å². The summed E-state index contributed by atoms with van der Waals surface area (Å²) in [5.74, 6) is 0. The molecule has 1 saturated heterocycles. The van der Waals surface area contributed by atoms with Crippen LogP contribution in [0.3, 0.4) is 0 Å². The number of morpholine rings is 1. The number of aromatic nitrogens is 2. The van der Waals surface area contributed by atoms with E-state index in [9.17, 15) is 4.57 Å². The first-order valence-corrected chi connectivity index (χ1v) is 8.93. The van der Waals surface area contributed by atoms with Crippen molar-refractivity contribution in [3.05, 3.63) is 42.7 Å². The Morgan fingerprint density at radius 2 is 1.95 bits per heavy atom. The van der Waals surface area contributed by atoms with Crippen LogP contribution in [-0.2, 0) is 15.8 Å². The maximum atomic E-state index is 14.0. The van der Waals surface area contributed by atoms with E-state index in [-0.39, 0.29) is 0 Å². The van der Waals surface area contributed by atoms with Gasteiger partial charge in [0.25, 0.3) is 0 Å². The zero-order valence-electron chi connectivity index (χ0n) is 12.2. The molecule has 0 N–H and O–H groups in total. The average Bonchev–Trinajstić information content (AvgIpc) is 3.05. The molecule has 21 heavy (non-hydrogen) atoms. The molecule has 2 aromatic rings. The minimum atomic E-state index is -2.90. The number of ether oxygens (including phenoxy) is 1. The largest absolute Gasteiger partial charge is 0.379 e. The van der Waals surface area contributed by atoms with Crippen molar-refractivity contribution >= 4 is 18.2 Å². The minimum Gasteiger partial charge on any atom is -0.379 e. The summed E-state index contributed by atoms with van der Waals surface area (Å²) in [5, 5.41) is 0.841. The molecule has 0 spiro atoms. The van der Waals surface area contributed by atoms with Gasteiger partial charge in [0.2, 0.25) is 7.29 Å². The number of nitrogens with zero attached hydrogens (tertiary/aromatic N) is 3. The van der Waals surface area contributed by atoms with Gasteiger partial charge in [0.05, 0.1) is 13.2 Å². The zero-order valence-corrected chi connectivity index (χ0v) is 13.1. The molecule has 0 saturated carbocycles. The van der Waals surface area contributed by atoms with E-state index in [2.05, 4.69) is 4.98 Å². The minimum absolute atomic E-state index is 0.615. The highest BCUT2D eigenvalue weighted by molar-refractivity contribution is 7.76. The summed E-state index contributed by atoms with van der Waals surface area (Å²) in [4.78, 5) is 4.43. The van der Waals surface area contributed by atoms with Gasteiger partial charge in [-0.05, 0) is 19.1 Å². The third kappa shape index (κ3) is 2.57. The molecule has 0 amide bonds. The van der Waals surface area contributed by atoms with Crippen molar-refractivity contribution in [2.24, 2.45) is 0 Å². The summed E-state index contributed by atoms with van der Waals surface area (Å²) in [5.41, 5.74) is 0.665. The van der Waals surface area contributed by atoms with Crippen LogP contribution < -0.4 is 10.9 Å². The lowest BCUT2D eigenvalue weighted by Gasteiger charge is -2.34. The Bertz CT molecular complexity index is 635. The second-order valence-corrected chi connectivity index (χ2v) is 7.63. The highest BCUT2D eigenvalue weighted by Gasteiger charge is 2.38. The van der Waals surface area contributed by atoms with Crippen LogP contribution in [-0.4, -0.2) is 40.5 Å². The van der Waals surface area contributed by atoms with Crippen molar-refractivity contribution in [3.8, 4) is 0 Å². The SMILES string of the molecule is CCn1ccnc1P(=O)(c1ccccc1)N1CCOCC1. The van der Waals surface area contributed by atoms with Crippen molar-refractivity contribution in [2.45, 2.75) is 13.5 Å². The third-order valence-corrected chi connectivity index (χ3v) is 6.91. The quantitative estimate of drug-likeness (QED) is 0.803. The van der Waals surface area contributed by atoms with E-state index < -0.39 is 7.29 Å². The molecule has 5 nitrogen and oxygen atoms in total. The molecular weight excluding hydrogens is 285 g/mol. The van der Waals surface area contributed by atoms with E-state index in [0.29, 0.717) is 31.9 Å². The van der Waals surface area contributed by atoms with Crippen molar-refractivity contribution in [2.75, 3.05) is 26.3 Å². The molecule has 1 aliphatic heterocycles. The summed E-state index contributed by atoms with van der Waals surface area (Å²) in [6, 6.07) is 9.68. The first kappa shape index (κ1) is 14.5. The molecule has 6 heteroatoms. The lowest BCUT2D eigenvalue weighted by molar-refractivity contribution is 0.0731. The van der Waals surface area contributed by atoms with Crippen LogP contribution in [0.5, 0.6) is 0 Å². The Labute approximate surface area is 125 Å². The first-order chi connectivity index (χ1) is 10.3. The predicted molar refractivity (Wildman–Crippen MR) is 83.6 cm³/mol. The molecule has 1 fully saturated rings. The van der Waals surface area contributed by atoms with Gasteiger partial charge in [-0.15, -0.1) is 0 Å². The van der Waals surface area contributed by atoms with Crippen LogP contribution in [0.15, 0.2) is 42.7 Å². The van der Waals surface area contributed by atoms with Gasteiger partial charge < -0.3 is 9.30 Å². The standard InChI is InChI=1S/C15H20N3O2P/c1-2-17-9-8-16-15(17)21(19,14-6-4-3-5-7-14)18-10-12-20-13-11-18/h3-9H,2,10-13H2,1H3. The highest BCUT2D eigenvalue weighted by Crippen LogP contribution is 2.47. The molecule has 1 unspecified atom stereocenters. The second-order valence-electron chi connectivity index (χ2n) is 4.99. The molecular formula is C15H20N3O2P. The molecule has 1 atom stereocenters. The summed E-state index contributed by atoms with van der Waals surface area (Å²) in [7, 11) is -2.90. The van der Waals surface area contributed by atoms with Crippen molar-refractivity contribution in [1.82, 2.24) is 14.2 Å². The Balaban J connectivity index is 2.13. The molecule has 1 aliphatic rings. The molecule has 3 rings (SSSR count). The van der Waals surface area contributed by atoms with Gasteiger partial charge in [-0.3, -0.25) is 4.57 Å². The van der Waals surface area contributed by atoms with E-state index in [4.69, 9.17) is 4.74 Å². The topological polar surface area (TPSA) is 47.4 Å². The van der Waals surface area contributed by atoms with Crippen LogP contribution in [0.4, 0.5) is 0 Å². The first-order valence-electron chi connectivity index (χ1n) is 7.27. The molecule has 2 heterocycles. The lowest BCUT2D eigenvalue weighted by atomic mass is 10.4. The maximum Gasteiger partial charge on any atom is 0.241 e. The maximum absolute atomic E-state index is 14.0. The van der Waals surface area contributed by atoms with Crippen LogP contribution >= 0.6 is 7.29 Å². The number of hydrogen-bond acceptors (Lipinski definition) is 3. The van der Waals surface area contributed by atoms with Crippen LogP contribution in [0.2, 0.25) is 0 Å². The normalized spacial score (nSPS) is 19.3. The van der Waals surface area contributed by atoms with Crippen molar-refractivity contribution in [3.63, 3.8) is 0 Å². The number of hydrogen-bond donors (Lipinski definition) is 0. The van der Waals surface area contributed by atoms with Gasteiger partial charge in [-0.1, -0.05) is 18.2 Å². The van der Waals surface area contributed by atoms with E-state index in [1.54, 1.807) is 6.20 Å². The average molecular weight is 305 g/mol. The van der Waals surface area contributed by atoms with Crippen molar-refractivity contribution < 1.29 is 9.30 Å². The Hall–Kier alpha value is -1.42. The molecule has 1 aromatic carbocycles. The van der Waals surface area contributed by atoms with Gasteiger partial charge in [0.1, 0.15) is 0 Å². The Morgan fingerprint density at radius 3 is 2.62 bits per heavy atom. The number of rotatable bonds is 4. The van der Waals surface area contributed by atoms with Crippen molar-refractivity contribution in [1.29, 1.82) is 0 Å². The van der Waals surface area contributed by atoms with E-state index in [1.807, 2.05) is 52.7 Å². The Morgan fingerprint density at radius 1 is 1.24 bits per heavy atom. The summed E-state index contributed by atoms with van der Waals surface area (Å²) in [6.07, 6.45) is 3.63. The summed E-state index contributed by atoms with van der Waals surface area (Å²) < 4.78 is 23.4. The smallest absolute Gasteiger partial charge is 0.241 e. The van der Waals surface area contributed by atoms with Gasteiger partial charge in [-0.2, -0.15) is 0 Å². The summed E-state index contributed by atoms with van der Waals surface area (Å²) >= 11 is 0. The number of imidazole rings is 1. The van der Waals surface area contributed by atoms with Crippen LogP contribution in [0.1, 0.15) is 6.92 Å². The molecule has 112 valence electrons. The summed E-state index contributed by atoms with van der Waals surface area (Å²) in [6.45, 7) is 5.37. The second kappa shape index (κ2) is 6.14. The monoisotopic (exact) mass is 305 g/mol. The van der Waals surface area contributed by atoms with Crippen LogP contribution in [0.25, 0.3) is 0 Å². The van der Waals surface area contributed by atoms with E-state index in [1.165, 1.54) is 0 Å². The highest BCUT2D eigenvalue weighted by atomic mass is 31.2. The lowest BCUT2D eigenvalue weighted by Crippen LogP contribution is -2.42. The molecule has 0 bridgehead atoms. The molecule has 0 radical (unpaired) electrons. The third-order valence-electron chi connectivity index (χ3n) is 3.80. The fourth-order valence-electron chi connectivity index (χ4n) is 2.69. The van der Waals surface area contributed by atoms with E-state index in [0.717, 1.165) is 11.8 Å². The fraction of sp³-hybridized carbons (Fsp3) is 0.400. The number of aryl methyl sites for hydroxylation is 1. The van der Waals surface area contributed by atoms with Crippen LogP contribution in [0, 0.1) is 0 Å². The van der Waals surface area contributed by atoms with Gasteiger partial charge in [-0.25, -0.2) is 9.65 Å². The fourth-order valence-corrected chi connectivity index (χ4v) is 5.58. The van der Waals surface area contributed by atoms with Gasteiger partial charge in [0, 0.05) is 37.3 Å². The molecule has 0 aliphatic carbocycles. The Kier molecular flexibility index (Phi) is 4.24.